The summed E-state index contributed by atoms with van der Waals surface area (Å²) in [5.74, 6) is -0.774. The summed E-state index contributed by atoms with van der Waals surface area (Å²) in [6.07, 6.45) is 0. The molecule has 0 bridgehead atoms. The van der Waals surface area contributed by atoms with E-state index in [1.165, 1.54) is 41.0 Å². The van der Waals surface area contributed by atoms with Gasteiger partial charge in [0.05, 0.1) is 6.54 Å². The zero-order valence-corrected chi connectivity index (χ0v) is 16.7. The molecular weight excluding hydrogens is 359 g/mol. The predicted molar refractivity (Wildman–Crippen MR) is 105 cm³/mol. The first-order chi connectivity index (χ1) is 13.1. The predicted octanol–water partition coefficient (Wildman–Crippen LogP) is 4.31. The van der Waals surface area contributed by atoms with E-state index in [0.717, 1.165) is 22.3 Å². The zero-order chi connectivity index (χ0) is 20.7. The smallest absolute Gasteiger partial charge is 0.294 e. The summed E-state index contributed by atoms with van der Waals surface area (Å²) >= 11 is 0. The van der Waals surface area contributed by atoms with Gasteiger partial charge in [-0.3, -0.25) is 19.4 Å². The Morgan fingerprint density at radius 3 is 2.25 bits per heavy atom. The van der Waals surface area contributed by atoms with Gasteiger partial charge in [-0.2, -0.15) is 0 Å². The first-order valence-electron chi connectivity index (χ1n) is 9.14. The van der Waals surface area contributed by atoms with Crippen LogP contribution in [0.5, 0.6) is 0 Å². The van der Waals surface area contributed by atoms with E-state index in [9.17, 15) is 18.8 Å². The van der Waals surface area contributed by atoms with Gasteiger partial charge in [0.15, 0.2) is 5.78 Å². The molecule has 5 nitrogen and oxygen atoms in total. The summed E-state index contributed by atoms with van der Waals surface area (Å²) in [4.78, 5) is 40.4. The van der Waals surface area contributed by atoms with Gasteiger partial charge in [-0.15, -0.1) is 0 Å². The van der Waals surface area contributed by atoms with Crippen LogP contribution in [0.15, 0.2) is 30.3 Å². The molecule has 2 aromatic rings. The molecule has 3 rings (SSSR count). The van der Waals surface area contributed by atoms with Crippen LogP contribution in [0, 0.1) is 26.6 Å². The molecule has 0 aliphatic carbocycles. The number of carbonyl (C=O) groups excluding carboxylic acids is 3. The first-order valence-corrected chi connectivity index (χ1v) is 9.14. The van der Waals surface area contributed by atoms with Gasteiger partial charge < -0.3 is 0 Å². The number of halogens is 1. The highest BCUT2D eigenvalue weighted by Crippen LogP contribution is 2.30. The number of amides is 3. The fourth-order valence-electron chi connectivity index (χ4n) is 3.98. The average Bonchev–Trinajstić information content (AvgIpc) is 2.82. The van der Waals surface area contributed by atoms with Crippen LogP contribution in [0.2, 0.25) is 0 Å². The minimum atomic E-state index is -0.684. The lowest BCUT2D eigenvalue weighted by Crippen LogP contribution is -2.34. The van der Waals surface area contributed by atoms with Crippen molar-refractivity contribution in [3.05, 3.63) is 64.0 Å². The molecule has 0 N–H and O–H groups in total. The highest BCUT2D eigenvalue weighted by atomic mass is 19.1. The molecule has 1 aliphatic heterocycles. The van der Waals surface area contributed by atoms with Crippen molar-refractivity contribution in [2.24, 2.45) is 0 Å². The number of urea groups is 1. The van der Waals surface area contributed by atoms with Gasteiger partial charge in [0.25, 0.3) is 5.91 Å². The lowest BCUT2D eigenvalue weighted by Gasteiger charge is -2.21. The van der Waals surface area contributed by atoms with Crippen LogP contribution in [0.4, 0.5) is 14.9 Å². The van der Waals surface area contributed by atoms with E-state index < -0.39 is 17.9 Å². The highest BCUT2D eigenvalue weighted by Gasteiger charge is 2.43. The van der Waals surface area contributed by atoms with Crippen molar-refractivity contribution in [2.45, 2.75) is 47.2 Å². The van der Waals surface area contributed by atoms with Crippen LogP contribution in [0.3, 0.4) is 0 Å². The Bertz CT molecular complexity index is 982. The molecule has 28 heavy (non-hydrogen) atoms. The summed E-state index contributed by atoms with van der Waals surface area (Å²) in [5.41, 5.74) is 4.49. The highest BCUT2D eigenvalue weighted by molar-refractivity contribution is 6.14. The number of Topliss-reactive ketones (excluding diaryl/α,β-unsaturated/α-hetero) is 1. The van der Waals surface area contributed by atoms with Gasteiger partial charge in [0.1, 0.15) is 11.9 Å². The van der Waals surface area contributed by atoms with E-state index in [1.54, 1.807) is 6.92 Å². The Labute approximate surface area is 163 Å². The third-order valence-electron chi connectivity index (χ3n) is 5.35. The summed E-state index contributed by atoms with van der Waals surface area (Å²) < 4.78 is 13.2. The van der Waals surface area contributed by atoms with Crippen LogP contribution < -0.4 is 4.90 Å². The third-order valence-corrected chi connectivity index (χ3v) is 5.35. The second kappa shape index (κ2) is 7.19. The first kappa shape index (κ1) is 19.7. The number of imide groups is 1. The Kier molecular flexibility index (Phi) is 5.06. The topological polar surface area (TPSA) is 57.7 Å². The van der Waals surface area contributed by atoms with Crippen LogP contribution in [0.1, 0.15) is 46.5 Å². The minimum Gasteiger partial charge on any atom is -0.294 e. The number of ketones is 1. The van der Waals surface area contributed by atoms with E-state index in [2.05, 4.69) is 0 Å². The molecule has 1 atom stereocenters. The van der Waals surface area contributed by atoms with Crippen molar-refractivity contribution in [1.29, 1.82) is 0 Å². The molecule has 0 saturated carbocycles. The molecule has 3 amide bonds. The molecule has 146 valence electrons. The number of anilines is 1. The van der Waals surface area contributed by atoms with Crippen molar-refractivity contribution in [2.75, 3.05) is 4.90 Å². The van der Waals surface area contributed by atoms with Gasteiger partial charge in [-0.05, 0) is 81.1 Å². The Morgan fingerprint density at radius 2 is 1.68 bits per heavy atom. The second-order valence-electron chi connectivity index (χ2n) is 7.27. The monoisotopic (exact) mass is 382 g/mol. The summed E-state index contributed by atoms with van der Waals surface area (Å²) in [5, 5.41) is 0. The number of carbonyl (C=O) groups is 3. The third kappa shape index (κ3) is 3.19. The standard InChI is InChI=1S/C22H23FN2O3/c1-12-10-13(2)20(16(5)26)14(3)19(12)11-24-21(27)15(4)25(22(24)28)18-8-6-17(23)7-9-18/h6-10,15H,11H2,1-5H3/t15-/m0/s1. The lowest BCUT2D eigenvalue weighted by molar-refractivity contribution is -0.127. The number of hydrogen-bond donors (Lipinski definition) is 0. The van der Waals surface area contributed by atoms with Crippen molar-refractivity contribution < 1.29 is 18.8 Å². The van der Waals surface area contributed by atoms with E-state index in [0.29, 0.717) is 11.3 Å². The zero-order valence-electron chi connectivity index (χ0n) is 16.7. The van der Waals surface area contributed by atoms with E-state index in [1.807, 2.05) is 26.8 Å². The molecule has 0 unspecified atom stereocenters. The number of nitrogens with zero attached hydrogens (tertiary/aromatic N) is 2. The largest absolute Gasteiger partial charge is 0.332 e. The van der Waals surface area contributed by atoms with E-state index in [-0.39, 0.29) is 18.2 Å². The van der Waals surface area contributed by atoms with Crippen LogP contribution in [-0.4, -0.2) is 28.7 Å². The summed E-state index contributed by atoms with van der Waals surface area (Å²) in [6.45, 7) is 8.89. The fourth-order valence-corrected chi connectivity index (χ4v) is 3.98. The SMILES string of the molecule is CC(=O)c1c(C)cc(C)c(CN2C(=O)[C@H](C)N(c3ccc(F)cc3)C2=O)c1C. The molecule has 1 fully saturated rings. The average molecular weight is 382 g/mol. The number of aryl methyl sites for hydroxylation is 2. The van der Waals surface area contributed by atoms with Crippen molar-refractivity contribution in [3.8, 4) is 0 Å². The van der Waals surface area contributed by atoms with Crippen LogP contribution in [-0.2, 0) is 11.3 Å². The molecule has 1 heterocycles. The second-order valence-corrected chi connectivity index (χ2v) is 7.27. The van der Waals surface area contributed by atoms with E-state index >= 15 is 0 Å². The Morgan fingerprint density at radius 1 is 1.07 bits per heavy atom. The fraction of sp³-hybridized carbons (Fsp3) is 0.318. The summed E-state index contributed by atoms with van der Waals surface area (Å²) in [6, 6.07) is 6.26. The van der Waals surface area contributed by atoms with Gasteiger partial charge >= 0.3 is 6.03 Å². The maximum absolute atomic E-state index is 13.2. The van der Waals surface area contributed by atoms with Gasteiger partial charge in [0.2, 0.25) is 0 Å². The van der Waals surface area contributed by atoms with E-state index in [4.69, 9.17) is 0 Å². The van der Waals surface area contributed by atoms with Crippen LogP contribution in [0.25, 0.3) is 0 Å². The van der Waals surface area contributed by atoms with Crippen molar-refractivity contribution in [3.63, 3.8) is 0 Å². The molecule has 0 spiro atoms. The number of hydrogen-bond acceptors (Lipinski definition) is 3. The van der Waals surface area contributed by atoms with Crippen LogP contribution >= 0.6 is 0 Å². The van der Waals surface area contributed by atoms with Crippen molar-refractivity contribution >= 4 is 23.4 Å². The Hall–Kier alpha value is -3.02. The van der Waals surface area contributed by atoms with Crippen molar-refractivity contribution in [1.82, 2.24) is 4.90 Å². The normalized spacial score (nSPS) is 16.9. The minimum absolute atomic E-state index is 0.0448. The maximum atomic E-state index is 13.2. The van der Waals surface area contributed by atoms with Gasteiger partial charge in [-0.1, -0.05) is 6.07 Å². The molecule has 2 aromatic carbocycles. The molecule has 0 aromatic heterocycles. The number of rotatable bonds is 4. The van der Waals surface area contributed by atoms with Gasteiger partial charge in [0, 0.05) is 11.3 Å². The molecular formula is C22H23FN2O3. The van der Waals surface area contributed by atoms with Gasteiger partial charge in [-0.25, -0.2) is 9.18 Å². The molecule has 1 aliphatic rings. The number of benzene rings is 2. The molecule has 1 saturated heterocycles. The molecule has 0 radical (unpaired) electrons. The maximum Gasteiger partial charge on any atom is 0.332 e. The quantitative estimate of drug-likeness (QED) is 0.585. The molecule has 6 heteroatoms. The lowest BCUT2D eigenvalue weighted by atomic mass is 9.91. The Balaban J connectivity index is 1.98. The summed E-state index contributed by atoms with van der Waals surface area (Å²) in [7, 11) is 0.